The highest BCUT2D eigenvalue weighted by Crippen LogP contribution is 2.13. The van der Waals surface area contributed by atoms with Gasteiger partial charge in [-0.05, 0) is 25.7 Å². The van der Waals surface area contributed by atoms with Crippen molar-refractivity contribution in [3.63, 3.8) is 0 Å². The molecule has 1 aliphatic rings. The van der Waals surface area contributed by atoms with E-state index in [4.69, 9.17) is 9.47 Å². The molecular weight excluding hydrogens is 196 g/mol. The third-order valence-corrected chi connectivity index (χ3v) is 2.18. The van der Waals surface area contributed by atoms with Crippen LogP contribution in [0.5, 0.6) is 0 Å². The summed E-state index contributed by atoms with van der Waals surface area (Å²) in [5.74, 6) is -0.330. The first-order chi connectivity index (χ1) is 7.33. The first-order valence-electron chi connectivity index (χ1n) is 5.30. The highest BCUT2D eigenvalue weighted by molar-refractivity contribution is 5.81. The lowest BCUT2D eigenvalue weighted by Crippen LogP contribution is -2.22. The molecule has 0 N–H and O–H groups in total. The topological polar surface area (TPSA) is 44.8 Å². The summed E-state index contributed by atoms with van der Waals surface area (Å²) >= 11 is 0. The third-order valence-electron chi connectivity index (χ3n) is 2.18. The molecule has 0 aromatic carbocycles. The Hall–Kier alpha value is -0.870. The molecule has 0 aromatic rings. The molecule has 0 saturated carbocycles. The number of esters is 1. The van der Waals surface area contributed by atoms with Crippen molar-refractivity contribution >= 4 is 5.97 Å². The van der Waals surface area contributed by atoms with E-state index < -0.39 is 0 Å². The molecule has 0 spiro atoms. The van der Waals surface area contributed by atoms with Gasteiger partial charge in [-0.3, -0.25) is 0 Å². The fourth-order valence-corrected chi connectivity index (χ4v) is 1.36. The van der Waals surface area contributed by atoms with Gasteiger partial charge >= 0.3 is 5.97 Å². The number of methoxy groups -OCH3 is 1. The van der Waals surface area contributed by atoms with Crippen molar-refractivity contribution in [1.82, 2.24) is 0 Å². The van der Waals surface area contributed by atoms with Gasteiger partial charge in [-0.1, -0.05) is 6.08 Å². The van der Waals surface area contributed by atoms with Crippen LogP contribution in [0.15, 0.2) is 12.2 Å². The summed E-state index contributed by atoms with van der Waals surface area (Å²) in [7, 11) is 1.36. The summed E-state index contributed by atoms with van der Waals surface area (Å²) in [4.78, 5) is 10.7. The van der Waals surface area contributed by atoms with Crippen molar-refractivity contribution in [1.29, 1.82) is 0 Å². The minimum absolute atomic E-state index is 0.0507. The number of hydrogen-bond donors (Lipinski definition) is 0. The molecule has 0 aromatic heterocycles. The zero-order chi connectivity index (χ0) is 10.9. The highest BCUT2D eigenvalue weighted by Gasteiger charge is 2.12. The monoisotopic (exact) mass is 214 g/mol. The molecular formula is C11H18O4. The highest BCUT2D eigenvalue weighted by atomic mass is 16.7. The van der Waals surface area contributed by atoms with Gasteiger partial charge in [0.25, 0.3) is 0 Å². The maximum absolute atomic E-state index is 10.7. The average molecular weight is 214 g/mol. The Morgan fingerprint density at radius 3 is 3.07 bits per heavy atom. The SMILES string of the molecule is COC(=O)/C=C\CCO[C@H]1CCCCO1. The van der Waals surface area contributed by atoms with Crippen molar-refractivity contribution in [2.24, 2.45) is 0 Å². The molecule has 1 rings (SSSR count). The zero-order valence-electron chi connectivity index (χ0n) is 9.11. The van der Waals surface area contributed by atoms with E-state index >= 15 is 0 Å². The van der Waals surface area contributed by atoms with Crippen LogP contribution >= 0.6 is 0 Å². The Morgan fingerprint density at radius 2 is 2.40 bits per heavy atom. The van der Waals surface area contributed by atoms with Crippen LogP contribution in [0.2, 0.25) is 0 Å². The minimum Gasteiger partial charge on any atom is -0.466 e. The lowest BCUT2D eigenvalue weighted by Gasteiger charge is -2.22. The van der Waals surface area contributed by atoms with Gasteiger partial charge in [-0.25, -0.2) is 4.79 Å². The first-order valence-corrected chi connectivity index (χ1v) is 5.30. The van der Waals surface area contributed by atoms with Crippen molar-refractivity contribution < 1.29 is 19.0 Å². The molecule has 1 fully saturated rings. The molecule has 0 radical (unpaired) electrons. The van der Waals surface area contributed by atoms with Gasteiger partial charge < -0.3 is 14.2 Å². The summed E-state index contributed by atoms with van der Waals surface area (Å²) in [5.41, 5.74) is 0. The normalized spacial score (nSPS) is 21.8. The van der Waals surface area contributed by atoms with E-state index in [1.165, 1.54) is 19.6 Å². The van der Waals surface area contributed by atoms with E-state index in [0.29, 0.717) is 13.0 Å². The van der Waals surface area contributed by atoms with Crippen LogP contribution in [-0.2, 0) is 19.0 Å². The average Bonchev–Trinajstić information content (AvgIpc) is 2.29. The summed E-state index contributed by atoms with van der Waals surface area (Å²) in [6.45, 7) is 1.38. The maximum Gasteiger partial charge on any atom is 0.330 e. The standard InChI is InChI=1S/C11H18O4/c1-13-10(12)6-2-4-8-14-11-7-3-5-9-15-11/h2,6,11H,3-5,7-9H2,1H3/b6-2-/t11-/m1/s1. The van der Waals surface area contributed by atoms with Gasteiger partial charge in [-0.15, -0.1) is 0 Å². The molecule has 1 atom stereocenters. The molecule has 0 bridgehead atoms. The summed E-state index contributed by atoms with van der Waals surface area (Å²) in [6.07, 6.45) is 7.07. The Labute approximate surface area is 90.2 Å². The Morgan fingerprint density at radius 1 is 1.53 bits per heavy atom. The van der Waals surface area contributed by atoms with Gasteiger partial charge in [0.05, 0.1) is 13.7 Å². The zero-order valence-corrected chi connectivity index (χ0v) is 9.11. The van der Waals surface area contributed by atoms with E-state index in [2.05, 4.69) is 4.74 Å². The Balaban J connectivity index is 2.00. The van der Waals surface area contributed by atoms with Gasteiger partial charge in [0.2, 0.25) is 0 Å². The second kappa shape index (κ2) is 7.43. The minimum atomic E-state index is -0.330. The molecule has 1 saturated heterocycles. The first kappa shape index (κ1) is 12.2. The fourth-order valence-electron chi connectivity index (χ4n) is 1.36. The summed E-state index contributed by atoms with van der Waals surface area (Å²) in [6, 6.07) is 0. The van der Waals surface area contributed by atoms with Crippen LogP contribution in [-0.4, -0.2) is 32.6 Å². The predicted molar refractivity (Wildman–Crippen MR) is 55.3 cm³/mol. The van der Waals surface area contributed by atoms with Crippen LogP contribution in [0.3, 0.4) is 0 Å². The van der Waals surface area contributed by atoms with E-state index in [1.807, 2.05) is 0 Å². The molecule has 0 amide bonds. The van der Waals surface area contributed by atoms with E-state index in [9.17, 15) is 4.79 Å². The number of rotatable bonds is 5. The van der Waals surface area contributed by atoms with Crippen LogP contribution in [0.1, 0.15) is 25.7 Å². The molecule has 1 aliphatic heterocycles. The smallest absolute Gasteiger partial charge is 0.330 e. The van der Waals surface area contributed by atoms with Crippen LogP contribution in [0, 0.1) is 0 Å². The Kier molecular flexibility index (Phi) is 6.04. The van der Waals surface area contributed by atoms with E-state index in [1.54, 1.807) is 6.08 Å². The van der Waals surface area contributed by atoms with Crippen molar-refractivity contribution in [3.8, 4) is 0 Å². The van der Waals surface area contributed by atoms with Crippen LogP contribution < -0.4 is 0 Å². The van der Waals surface area contributed by atoms with Gasteiger partial charge in [0.15, 0.2) is 6.29 Å². The quantitative estimate of drug-likeness (QED) is 0.396. The van der Waals surface area contributed by atoms with Crippen molar-refractivity contribution in [2.45, 2.75) is 32.0 Å². The predicted octanol–water partition coefficient (Wildman–Crippen LogP) is 1.65. The van der Waals surface area contributed by atoms with Crippen molar-refractivity contribution in [2.75, 3.05) is 20.3 Å². The molecule has 1 heterocycles. The maximum atomic E-state index is 10.7. The van der Waals surface area contributed by atoms with Crippen LogP contribution in [0.4, 0.5) is 0 Å². The molecule has 15 heavy (non-hydrogen) atoms. The Bertz CT molecular complexity index is 207. The lowest BCUT2D eigenvalue weighted by molar-refractivity contribution is -0.161. The number of ether oxygens (including phenoxy) is 3. The molecule has 0 aliphatic carbocycles. The molecule has 0 unspecified atom stereocenters. The van der Waals surface area contributed by atoms with Gasteiger partial charge in [-0.2, -0.15) is 0 Å². The van der Waals surface area contributed by atoms with E-state index in [-0.39, 0.29) is 12.3 Å². The number of carbonyl (C=O) groups excluding carboxylic acids is 1. The molecule has 4 nitrogen and oxygen atoms in total. The summed E-state index contributed by atoms with van der Waals surface area (Å²) in [5, 5.41) is 0. The molecule has 4 heteroatoms. The summed E-state index contributed by atoms with van der Waals surface area (Å²) < 4.78 is 15.3. The van der Waals surface area contributed by atoms with Gasteiger partial charge in [0.1, 0.15) is 0 Å². The van der Waals surface area contributed by atoms with Gasteiger partial charge in [0, 0.05) is 12.7 Å². The largest absolute Gasteiger partial charge is 0.466 e. The number of carbonyl (C=O) groups is 1. The fraction of sp³-hybridized carbons (Fsp3) is 0.727. The van der Waals surface area contributed by atoms with E-state index in [0.717, 1.165) is 19.4 Å². The lowest BCUT2D eigenvalue weighted by atomic mass is 10.2. The number of hydrogen-bond acceptors (Lipinski definition) is 4. The molecule has 86 valence electrons. The van der Waals surface area contributed by atoms with Crippen LogP contribution in [0.25, 0.3) is 0 Å². The second-order valence-electron chi connectivity index (χ2n) is 3.38. The van der Waals surface area contributed by atoms with Crippen molar-refractivity contribution in [3.05, 3.63) is 12.2 Å². The third kappa shape index (κ3) is 5.54. The second-order valence-corrected chi connectivity index (χ2v) is 3.38.